The van der Waals surface area contributed by atoms with E-state index in [1.807, 2.05) is 6.92 Å². The Labute approximate surface area is 200 Å². The van der Waals surface area contributed by atoms with E-state index >= 15 is 0 Å². The number of allylic oxidation sites excluding steroid dienone is 2. The lowest BCUT2D eigenvalue weighted by molar-refractivity contribution is -0.142. The first kappa shape index (κ1) is 25.3. The monoisotopic (exact) mass is 494 g/mol. The Kier molecular flexibility index (Phi) is 7.30. The fourth-order valence-corrected chi connectivity index (χ4v) is 5.67. The van der Waals surface area contributed by atoms with E-state index in [1.165, 1.54) is 12.1 Å². The summed E-state index contributed by atoms with van der Waals surface area (Å²) in [5.74, 6) is 0.678. The summed E-state index contributed by atoms with van der Waals surface area (Å²) in [6.07, 6.45) is 5.27. The molecule has 0 aliphatic heterocycles. The summed E-state index contributed by atoms with van der Waals surface area (Å²) in [5, 5.41) is 0. The SMILES string of the molecule is C/C=C/C1CCC2CC(c3cc(F)c(C#Cc4cc(F)c(C(F)(F)F)c(F)c4)c(F)c3)CCC2C1. The van der Waals surface area contributed by atoms with Crippen LogP contribution in [0.25, 0.3) is 0 Å². The molecular weight excluding hydrogens is 469 g/mol. The Morgan fingerprint density at radius 3 is 1.97 bits per heavy atom. The van der Waals surface area contributed by atoms with E-state index in [2.05, 4.69) is 24.0 Å². The van der Waals surface area contributed by atoms with Crippen molar-refractivity contribution in [2.45, 2.75) is 57.5 Å². The largest absolute Gasteiger partial charge is 0.422 e. The molecule has 0 amide bonds. The van der Waals surface area contributed by atoms with Gasteiger partial charge in [-0.3, -0.25) is 0 Å². The quantitative estimate of drug-likeness (QED) is 0.223. The Morgan fingerprint density at radius 1 is 0.771 bits per heavy atom. The molecule has 2 aliphatic rings. The van der Waals surface area contributed by atoms with Crippen molar-refractivity contribution >= 4 is 0 Å². The molecule has 35 heavy (non-hydrogen) atoms. The average Bonchev–Trinajstić information content (AvgIpc) is 2.77. The van der Waals surface area contributed by atoms with Crippen LogP contribution >= 0.6 is 0 Å². The maximum atomic E-state index is 14.8. The molecule has 2 aromatic carbocycles. The van der Waals surface area contributed by atoms with Crippen LogP contribution in [0.3, 0.4) is 0 Å². The summed E-state index contributed by atoms with van der Waals surface area (Å²) < 4.78 is 95.2. The first-order valence-electron chi connectivity index (χ1n) is 11.8. The summed E-state index contributed by atoms with van der Waals surface area (Å²) in [7, 11) is 0. The highest BCUT2D eigenvalue weighted by atomic mass is 19.4. The van der Waals surface area contributed by atoms with Crippen molar-refractivity contribution in [2.75, 3.05) is 0 Å². The van der Waals surface area contributed by atoms with Crippen LogP contribution in [0.1, 0.15) is 73.6 Å². The molecule has 0 spiro atoms. The second-order valence-corrected chi connectivity index (χ2v) is 9.55. The summed E-state index contributed by atoms with van der Waals surface area (Å²) in [6.45, 7) is 2.03. The van der Waals surface area contributed by atoms with E-state index in [0.29, 0.717) is 35.4 Å². The zero-order valence-corrected chi connectivity index (χ0v) is 19.2. The van der Waals surface area contributed by atoms with Crippen molar-refractivity contribution in [3.8, 4) is 11.8 Å². The fraction of sp³-hybridized carbons (Fsp3) is 0.429. The van der Waals surface area contributed by atoms with Gasteiger partial charge in [-0.15, -0.1) is 0 Å². The summed E-state index contributed by atoms with van der Waals surface area (Å²) in [5.41, 5.74) is -2.52. The van der Waals surface area contributed by atoms with E-state index < -0.39 is 46.1 Å². The number of hydrogen-bond donors (Lipinski definition) is 0. The molecule has 186 valence electrons. The van der Waals surface area contributed by atoms with Crippen molar-refractivity contribution in [3.05, 3.63) is 81.9 Å². The molecular formula is C28H25F7. The molecule has 0 saturated heterocycles. The highest BCUT2D eigenvalue weighted by Gasteiger charge is 2.38. The first-order valence-corrected chi connectivity index (χ1v) is 11.8. The molecule has 2 fully saturated rings. The number of benzene rings is 2. The second kappa shape index (κ2) is 10.1. The van der Waals surface area contributed by atoms with Crippen LogP contribution in [0.4, 0.5) is 30.7 Å². The van der Waals surface area contributed by atoms with Crippen LogP contribution in [0.2, 0.25) is 0 Å². The zero-order valence-electron chi connectivity index (χ0n) is 19.2. The Morgan fingerprint density at radius 2 is 1.37 bits per heavy atom. The van der Waals surface area contributed by atoms with Crippen LogP contribution < -0.4 is 0 Å². The van der Waals surface area contributed by atoms with Gasteiger partial charge in [0.05, 0.1) is 5.56 Å². The van der Waals surface area contributed by atoms with Crippen LogP contribution in [0.15, 0.2) is 36.4 Å². The smallest absolute Gasteiger partial charge is 0.206 e. The molecule has 0 heterocycles. The molecule has 2 aromatic rings. The fourth-order valence-electron chi connectivity index (χ4n) is 5.67. The molecule has 4 rings (SSSR count). The second-order valence-electron chi connectivity index (χ2n) is 9.55. The Hall–Kier alpha value is -2.75. The third-order valence-corrected chi connectivity index (χ3v) is 7.31. The molecule has 0 N–H and O–H groups in total. The van der Waals surface area contributed by atoms with Gasteiger partial charge in [-0.25, -0.2) is 17.6 Å². The standard InChI is InChI=1S/C28H25F7/c1-2-3-16-4-6-19-13-20(8-7-18(19)10-16)21-14-23(29)22(24(30)15-21)9-5-17-11-25(31)27(26(32)12-17)28(33,34)35/h2-3,11-12,14-16,18-20H,4,6-8,10,13H2,1H3/b3-2+. The van der Waals surface area contributed by atoms with Crippen molar-refractivity contribution in [1.29, 1.82) is 0 Å². The van der Waals surface area contributed by atoms with Crippen molar-refractivity contribution in [2.24, 2.45) is 17.8 Å². The number of halogens is 7. The minimum absolute atomic E-state index is 0.0404. The van der Waals surface area contributed by atoms with Gasteiger partial charge in [0.15, 0.2) is 0 Å². The van der Waals surface area contributed by atoms with E-state index in [9.17, 15) is 30.7 Å². The molecule has 0 aromatic heterocycles. The van der Waals surface area contributed by atoms with E-state index in [0.717, 1.165) is 38.5 Å². The summed E-state index contributed by atoms with van der Waals surface area (Å²) in [4.78, 5) is 0. The third kappa shape index (κ3) is 5.58. The van der Waals surface area contributed by atoms with Gasteiger partial charge in [0.25, 0.3) is 0 Å². The topological polar surface area (TPSA) is 0 Å². The van der Waals surface area contributed by atoms with Crippen molar-refractivity contribution < 1.29 is 30.7 Å². The van der Waals surface area contributed by atoms with Gasteiger partial charge in [0, 0.05) is 5.56 Å². The van der Waals surface area contributed by atoms with Crippen LogP contribution in [0.5, 0.6) is 0 Å². The molecule has 4 unspecified atom stereocenters. The molecule has 7 heteroatoms. The number of rotatable bonds is 2. The van der Waals surface area contributed by atoms with Gasteiger partial charge in [-0.1, -0.05) is 24.0 Å². The van der Waals surface area contributed by atoms with Crippen LogP contribution in [-0.2, 0) is 6.18 Å². The lowest BCUT2D eigenvalue weighted by Gasteiger charge is -2.41. The molecule has 4 atom stereocenters. The third-order valence-electron chi connectivity index (χ3n) is 7.31. The van der Waals surface area contributed by atoms with Gasteiger partial charge in [-0.2, -0.15) is 13.2 Å². The molecule has 0 nitrogen and oxygen atoms in total. The lowest BCUT2D eigenvalue weighted by Crippen LogP contribution is -2.30. The van der Waals surface area contributed by atoms with Crippen LogP contribution in [-0.4, -0.2) is 0 Å². The molecule has 2 saturated carbocycles. The van der Waals surface area contributed by atoms with Gasteiger partial charge in [0.1, 0.15) is 28.8 Å². The Bertz CT molecular complexity index is 1140. The maximum Gasteiger partial charge on any atom is 0.422 e. The number of fused-ring (bicyclic) bond motifs is 1. The van der Waals surface area contributed by atoms with Gasteiger partial charge < -0.3 is 0 Å². The predicted molar refractivity (Wildman–Crippen MR) is 119 cm³/mol. The van der Waals surface area contributed by atoms with Crippen molar-refractivity contribution in [3.63, 3.8) is 0 Å². The number of alkyl halides is 3. The first-order chi connectivity index (χ1) is 16.6. The van der Waals surface area contributed by atoms with E-state index in [1.54, 1.807) is 0 Å². The van der Waals surface area contributed by atoms with Crippen molar-refractivity contribution in [1.82, 2.24) is 0 Å². The Balaban J connectivity index is 1.52. The van der Waals surface area contributed by atoms with Gasteiger partial charge in [0.2, 0.25) is 0 Å². The van der Waals surface area contributed by atoms with Gasteiger partial charge >= 0.3 is 6.18 Å². The number of hydrogen-bond acceptors (Lipinski definition) is 0. The van der Waals surface area contributed by atoms with Gasteiger partial charge in [-0.05, 0) is 98.9 Å². The highest BCUT2D eigenvalue weighted by molar-refractivity contribution is 5.46. The zero-order chi connectivity index (χ0) is 25.3. The normalized spacial score (nSPS) is 24.7. The molecule has 2 aliphatic carbocycles. The van der Waals surface area contributed by atoms with E-state index in [-0.39, 0.29) is 5.92 Å². The summed E-state index contributed by atoms with van der Waals surface area (Å²) in [6, 6.07) is 3.29. The average molecular weight is 494 g/mol. The minimum atomic E-state index is -5.21. The molecule has 0 radical (unpaired) electrons. The lowest BCUT2D eigenvalue weighted by atomic mass is 9.64. The maximum absolute atomic E-state index is 14.8. The van der Waals surface area contributed by atoms with Crippen LogP contribution in [0, 0.1) is 52.9 Å². The minimum Gasteiger partial charge on any atom is -0.206 e. The highest BCUT2D eigenvalue weighted by Crippen LogP contribution is 2.48. The molecule has 0 bridgehead atoms. The predicted octanol–water partition coefficient (Wildman–Crippen LogP) is 8.54. The van der Waals surface area contributed by atoms with E-state index in [4.69, 9.17) is 0 Å². The summed E-state index contributed by atoms with van der Waals surface area (Å²) >= 11 is 0.